The molecule has 0 aliphatic carbocycles. The number of benzene rings is 2. The third-order valence-corrected chi connectivity index (χ3v) is 5.24. The molecule has 146 valence electrons. The largest absolute Gasteiger partial charge is 0.493 e. The van der Waals surface area contributed by atoms with Crippen LogP contribution >= 0.6 is 0 Å². The zero-order chi connectivity index (χ0) is 19.3. The first-order valence-corrected chi connectivity index (χ1v) is 9.80. The molecule has 0 saturated carbocycles. The summed E-state index contributed by atoms with van der Waals surface area (Å²) in [5.41, 5.74) is 2.06. The van der Waals surface area contributed by atoms with Gasteiger partial charge in [-0.1, -0.05) is 18.2 Å². The second kappa shape index (κ2) is 8.42. The maximum Gasteiger partial charge on any atom is 0.222 e. The van der Waals surface area contributed by atoms with Gasteiger partial charge in [0.1, 0.15) is 17.4 Å². The maximum atomic E-state index is 13.1. The molecule has 28 heavy (non-hydrogen) atoms. The lowest BCUT2D eigenvalue weighted by Gasteiger charge is -2.31. The molecule has 6 heteroatoms. The Morgan fingerprint density at radius 2 is 2.00 bits per heavy atom. The first-order valence-electron chi connectivity index (χ1n) is 9.80. The monoisotopic (exact) mass is 381 g/mol. The minimum absolute atomic E-state index is 0.158. The van der Waals surface area contributed by atoms with Crippen LogP contribution in [0.5, 0.6) is 5.75 Å². The summed E-state index contributed by atoms with van der Waals surface area (Å²) in [5, 5.41) is 0. The molecule has 3 aromatic rings. The molecule has 2 aromatic carbocycles. The van der Waals surface area contributed by atoms with Crippen LogP contribution in [0.4, 0.5) is 4.39 Å². The number of likely N-dealkylation sites (tertiary alicyclic amines) is 1. The zero-order valence-electron chi connectivity index (χ0n) is 15.7. The lowest BCUT2D eigenvalue weighted by molar-refractivity contribution is -0.132. The van der Waals surface area contributed by atoms with Crippen LogP contribution < -0.4 is 4.74 Å². The van der Waals surface area contributed by atoms with Crippen LogP contribution in [0.3, 0.4) is 0 Å². The molecular weight excluding hydrogens is 357 g/mol. The van der Waals surface area contributed by atoms with Crippen molar-refractivity contribution in [1.29, 1.82) is 0 Å². The molecule has 0 atom stereocenters. The number of para-hydroxylation sites is 2. The number of nitrogens with zero attached hydrogens (tertiary/aromatic N) is 2. The smallest absolute Gasteiger partial charge is 0.222 e. The Hall–Kier alpha value is -2.89. The molecular formula is C22H24FN3O2. The molecule has 1 aliphatic heterocycles. The Kier molecular flexibility index (Phi) is 5.55. The molecule has 1 saturated heterocycles. The molecule has 2 heterocycles. The normalized spacial score (nSPS) is 15.1. The summed E-state index contributed by atoms with van der Waals surface area (Å²) in [7, 11) is 0. The number of hydrogen-bond donors (Lipinski definition) is 1. The number of rotatable bonds is 6. The minimum atomic E-state index is -0.319. The molecule has 1 aliphatic rings. The van der Waals surface area contributed by atoms with E-state index in [0.29, 0.717) is 31.1 Å². The van der Waals surface area contributed by atoms with Crippen molar-refractivity contribution in [3.05, 3.63) is 60.2 Å². The topological polar surface area (TPSA) is 58.2 Å². The number of fused-ring (bicyclic) bond motifs is 1. The molecule has 1 aromatic heterocycles. The van der Waals surface area contributed by atoms with Crippen molar-refractivity contribution in [2.24, 2.45) is 0 Å². The van der Waals surface area contributed by atoms with E-state index in [1.807, 2.05) is 29.2 Å². The van der Waals surface area contributed by atoms with Gasteiger partial charge in [-0.05, 0) is 43.5 Å². The van der Waals surface area contributed by atoms with E-state index < -0.39 is 0 Å². The summed E-state index contributed by atoms with van der Waals surface area (Å²) in [5.74, 6) is 1.73. The van der Waals surface area contributed by atoms with Crippen molar-refractivity contribution in [3.63, 3.8) is 0 Å². The predicted molar refractivity (Wildman–Crippen MR) is 106 cm³/mol. The third-order valence-electron chi connectivity index (χ3n) is 5.24. The Labute approximate surface area is 163 Å². The van der Waals surface area contributed by atoms with E-state index in [9.17, 15) is 9.18 Å². The summed E-state index contributed by atoms with van der Waals surface area (Å²) in [6.07, 6.45) is 2.92. The molecule has 1 fully saturated rings. The highest BCUT2D eigenvalue weighted by atomic mass is 19.1. The Morgan fingerprint density at radius 1 is 1.18 bits per heavy atom. The fraction of sp³-hybridized carbons (Fsp3) is 0.364. The number of carbonyl (C=O) groups is 1. The number of carbonyl (C=O) groups excluding carboxylic acids is 1. The second-order valence-electron chi connectivity index (χ2n) is 7.20. The van der Waals surface area contributed by atoms with Gasteiger partial charge in [0, 0.05) is 31.5 Å². The van der Waals surface area contributed by atoms with Crippen molar-refractivity contribution in [2.75, 3.05) is 19.7 Å². The average molecular weight is 381 g/mol. The van der Waals surface area contributed by atoms with E-state index in [2.05, 4.69) is 4.98 Å². The molecule has 0 spiro atoms. The van der Waals surface area contributed by atoms with Gasteiger partial charge >= 0.3 is 0 Å². The van der Waals surface area contributed by atoms with Gasteiger partial charge in [-0.2, -0.15) is 0 Å². The molecule has 0 radical (unpaired) electrons. The average Bonchev–Trinajstić information content (AvgIpc) is 3.15. The SMILES string of the molecule is O=C(CCCOc1cccc(F)c1)N1CCC(c2nc3ccccc3[nH]2)CC1. The Balaban J connectivity index is 1.21. The summed E-state index contributed by atoms with van der Waals surface area (Å²) in [4.78, 5) is 22.5. The molecule has 4 rings (SSSR count). The van der Waals surface area contributed by atoms with Gasteiger partial charge in [0.05, 0.1) is 17.6 Å². The van der Waals surface area contributed by atoms with E-state index in [1.165, 1.54) is 12.1 Å². The van der Waals surface area contributed by atoms with Crippen LogP contribution in [0.15, 0.2) is 48.5 Å². The number of H-pyrrole nitrogens is 1. The van der Waals surface area contributed by atoms with Gasteiger partial charge in [0.2, 0.25) is 5.91 Å². The van der Waals surface area contributed by atoms with Crippen LogP contribution in [0.2, 0.25) is 0 Å². The molecule has 1 N–H and O–H groups in total. The number of ether oxygens (including phenoxy) is 1. The third kappa shape index (κ3) is 4.32. The number of hydrogen-bond acceptors (Lipinski definition) is 3. The van der Waals surface area contributed by atoms with Crippen LogP contribution in [-0.4, -0.2) is 40.5 Å². The van der Waals surface area contributed by atoms with Crippen molar-refractivity contribution in [2.45, 2.75) is 31.6 Å². The molecule has 1 amide bonds. The zero-order valence-corrected chi connectivity index (χ0v) is 15.7. The molecule has 0 unspecified atom stereocenters. The Morgan fingerprint density at radius 3 is 2.79 bits per heavy atom. The number of aromatic amines is 1. The van der Waals surface area contributed by atoms with Crippen molar-refractivity contribution < 1.29 is 13.9 Å². The molecule has 5 nitrogen and oxygen atoms in total. The van der Waals surface area contributed by atoms with Gasteiger partial charge in [-0.15, -0.1) is 0 Å². The highest BCUT2D eigenvalue weighted by Gasteiger charge is 2.25. The number of imidazole rings is 1. The summed E-state index contributed by atoms with van der Waals surface area (Å²) in [6, 6.07) is 14.1. The second-order valence-corrected chi connectivity index (χ2v) is 7.20. The number of halogens is 1. The maximum absolute atomic E-state index is 13.1. The van der Waals surface area contributed by atoms with Crippen LogP contribution in [0, 0.1) is 5.82 Å². The highest BCUT2D eigenvalue weighted by Crippen LogP contribution is 2.28. The van der Waals surface area contributed by atoms with Crippen LogP contribution in [0.25, 0.3) is 11.0 Å². The first-order chi connectivity index (χ1) is 13.7. The van der Waals surface area contributed by atoms with E-state index in [1.54, 1.807) is 12.1 Å². The predicted octanol–water partition coefficient (Wildman–Crippen LogP) is 4.27. The van der Waals surface area contributed by atoms with Gasteiger partial charge in [-0.25, -0.2) is 9.37 Å². The summed E-state index contributed by atoms with van der Waals surface area (Å²) in [6.45, 7) is 1.92. The fourth-order valence-electron chi connectivity index (χ4n) is 3.70. The lowest BCUT2D eigenvalue weighted by atomic mass is 9.96. The van der Waals surface area contributed by atoms with Crippen molar-refractivity contribution in [3.8, 4) is 5.75 Å². The van der Waals surface area contributed by atoms with E-state index in [4.69, 9.17) is 9.72 Å². The van der Waals surface area contributed by atoms with E-state index in [0.717, 1.165) is 42.8 Å². The van der Waals surface area contributed by atoms with Gasteiger partial charge in [0.15, 0.2) is 0 Å². The van der Waals surface area contributed by atoms with E-state index in [-0.39, 0.29) is 11.7 Å². The standard InChI is InChI=1S/C22H24FN3O2/c23-17-5-3-6-18(15-17)28-14-4-9-21(27)26-12-10-16(11-13-26)22-24-19-7-1-2-8-20(19)25-22/h1-3,5-8,15-16H,4,9-14H2,(H,24,25). The Bertz CT molecular complexity index is 915. The van der Waals surface area contributed by atoms with Crippen molar-refractivity contribution in [1.82, 2.24) is 14.9 Å². The van der Waals surface area contributed by atoms with Crippen LogP contribution in [-0.2, 0) is 4.79 Å². The lowest BCUT2D eigenvalue weighted by Crippen LogP contribution is -2.38. The number of amides is 1. The number of nitrogens with one attached hydrogen (secondary N) is 1. The van der Waals surface area contributed by atoms with Gasteiger partial charge in [-0.3, -0.25) is 4.79 Å². The summed E-state index contributed by atoms with van der Waals surface area (Å²) < 4.78 is 18.6. The number of piperidine rings is 1. The van der Waals surface area contributed by atoms with Crippen molar-refractivity contribution >= 4 is 16.9 Å². The number of aromatic nitrogens is 2. The minimum Gasteiger partial charge on any atom is -0.493 e. The van der Waals surface area contributed by atoms with Gasteiger partial charge < -0.3 is 14.6 Å². The quantitative estimate of drug-likeness (QED) is 0.649. The summed E-state index contributed by atoms with van der Waals surface area (Å²) >= 11 is 0. The highest BCUT2D eigenvalue weighted by molar-refractivity contribution is 5.76. The van der Waals surface area contributed by atoms with Crippen LogP contribution in [0.1, 0.15) is 37.4 Å². The molecule has 0 bridgehead atoms. The first kappa shape index (κ1) is 18.5. The van der Waals surface area contributed by atoms with Gasteiger partial charge in [0.25, 0.3) is 0 Å². The fourth-order valence-corrected chi connectivity index (χ4v) is 3.70. The van der Waals surface area contributed by atoms with E-state index >= 15 is 0 Å².